The maximum atomic E-state index is 8.54. The molecule has 0 amide bonds. The maximum absolute atomic E-state index is 8.54. The van der Waals surface area contributed by atoms with Gasteiger partial charge < -0.3 is 5.11 Å². The van der Waals surface area contributed by atoms with Crippen molar-refractivity contribution in [2.24, 2.45) is 0 Å². The lowest BCUT2D eigenvalue weighted by atomic mass is 10.1. The van der Waals surface area contributed by atoms with Crippen LogP contribution in [0.25, 0.3) is 0 Å². The lowest BCUT2D eigenvalue weighted by molar-refractivity contribution is 0.350. The van der Waals surface area contributed by atoms with Crippen LogP contribution in [0, 0.1) is 11.8 Å². The number of rotatable bonds is 11. The molecule has 0 rings (SSSR count). The summed E-state index contributed by atoms with van der Waals surface area (Å²) in [6, 6.07) is 0. The quantitative estimate of drug-likeness (QED) is 0.410. The normalized spacial score (nSPS) is 12.6. The summed E-state index contributed by atoms with van der Waals surface area (Å²) in [6.45, 7) is 1.99. The topological polar surface area (TPSA) is 20.2 Å². The predicted octanol–water partition coefficient (Wildman–Crippen LogP) is 4.68. The van der Waals surface area contributed by atoms with Gasteiger partial charge in [0.2, 0.25) is 0 Å². The summed E-state index contributed by atoms with van der Waals surface area (Å²) in [5.74, 6) is 4.88. The minimum absolute atomic E-state index is 0.252. The molecular weight excluding hydrogens is 208 g/mol. The summed E-state index contributed by atoms with van der Waals surface area (Å²) in [7, 11) is 0. The molecule has 0 spiro atoms. The van der Waals surface area contributed by atoms with Gasteiger partial charge in [0.05, 0.1) is 0 Å². The first-order valence-corrected chi connectivity index (χ1v) is 7.23. The van der Waals surface area contributed by atoms with Gasteiger partial charge in [0, 0.05) is 9.11 Å². The second kappa shape index (κ2) is 15.5. The van der Waals surface area contributed by atoms with Crippen LogP contribution in [0.15, 0.2) is 0 Å². The highest BCUT2D eigenvalue weighted by molar-refractivity contribution is 4.98. The fourth-order valence-electron chi connectivity index (χ4n) is 1.87. The molecule has 0 aliphatic rings. The summed E-state index contributed by atoms with van der Waals surface area (Å²) in [6.07, 6.45) is 11.6. The van der Waals surface area contributed by atoms with Gasteiger partial charge >= 0.3 is 0 Å². The van der Waals surface area contributed by atoms with Crippen molar-refractivity contribution < 1.29 is 7.85 Å². The van der Waals surface area contributed by atoms with Crippen LogP contribution in [0.5, 0.6) is 0 Å². The SMILES string of the molecule is [2H]C([2H])(C#CCO)CCCCCCCCCCCC. The van der Waals surface area contributed by atoms with E-state index in [0.717, 1.165) is 12.8 Å². The fourth-order valence-corrected chi connectivity index (χ4v) is 1.87. The number of aliphatic hydroxyl groups excluding tert-OH is 1. The predicted molar refractivity (Wildman–Crippen MR) is 75.9 cm³/mol. The van der Waals surface area contributed by atoms with Gasteiger partial charge in [-0.1, -0.05) is 77.1 Å². The molecule has 0 radical (unpaired) electrons. The molecule has 0 unspecified atom stereocenters. The van der Waals surface area contributed by atoms with E-state index in [-0.39, 0.29) is 6.61 Å². The molecular formula is C16H30O. The molecule has 0 heterocycles. The Morgan fingerprint density at radius 1 is 0.765 bits per heavy atom. The van der Waals surface area contributed by atoms with Gasteiger partial charge in [-0.2, -0.15) is 0 Å². The van der Waals surface area contributed by atoms with Crippen molar-refractivity contribution in [3.05, 3.63) is 0 Å². The molecule has 0 aliphatic carbocycles. The highest BCUT2D eigenvalue weighted by atomic mass is 16.2. The van der Waals surface area contributed by atoms with Crippen LogP contribution in [0.4, 0.5) is 0 Å². The van der Waals surface area contributed by atoms with E-state index >= 15 is 0 Å². The lowest BCUT2D eigenvalue weighted by Gasteiger charge is -2.01. The molecule has 100 valence electrons. The van der Waals surface area contributed by atoms with Gasteiger partial charge in [-0.3, -0.25) is 0 Å². The number of aliphatic hydroxyl groups is 1. The molecule has 0 atom stereocenters. The van der Waals surface area contributed by atoms with Crippen molar-refractivity contribution in [3.63, 3.8) is 0 Å². The summed E-state index contributed by atoms with van der Waals surface area (Å²) in [5, 5.41) is 8.54. The van der Waals surface area contributed by atoms with Gasteiger partial charge in [-0.25, -0.2) is 0 Å². The van der Waals surface area contributed by atoms with Gasteiger partial charge in [0.15, 0.2) is 0 Å². The second-order valence-corrected chi connectivity index (χ2v) is 4.57. The minimum atomic E-state index is -1.43. The van der Waals surface area contributed by atoms with E-state index in [1.54, 1.807) is 0 Å². The number of hydrogen-bond donors (Lipinski definition) is 1. The Labute approximate surface area is 111 Å². The average molecular weight is 240 g/mol. The fraction of sp³-hybridized carbons (Fsp3) is 0.875. The first-order valence-electron chi connectivity index (χ1n) is 8.23. The Bertz CT molecular complexity index is 253. The molecule has 0 aromatic heterocycles. The molecule has 1 heteroatoms. The van der Waals surface area contributed by atoms with Crippen molar-refractivity contribution >= 4 is 0 Å². The molecule has 0 aromatic rings. The van der Waals surface area contributed by atoms with Crippen LogP contribution in [-0.2, 0) is 0 Å². The zero-order valence-corrected chi connectivity index (χ0v) is 11.4. The first-order chi connectivity index (χ1) is 9.12. The Balaban J connectivity index is 3.31. The van der Waals surface area contributed by atoms with Crippen LogP contribution in [0.1, 0.15) is 86.7 Å². The summed E-state index contributed by atoms with van der Waals surface area (Å²) < 4.78 is 15.2. The monoisotopic (exact) mass is 240 g/mol. The third-order valence-corrected chi connectivity index (χ3v) is 2.91. The van der Waals surface area contributed by atoms with E-state index in [4.69, 9.17) is 7.85 Å². The van der Waals surface area contributed by atoms with Gasteiger partial charge in [0.1, 0.15) is 6.61 Å². The Morgan fingerprint density at radius 2 is 1.24 bits per heavy atom. The Kier molecular flexibility index (Phi) is 11.8. The van der Waals surface area contributed by atoms with E-state index in [9.17, 15) is 0 Å². The molecule has 1 nitrogen and oxygen atoms in total. The number of unbranched alkanes of at least 4 members (excludes halogenated alkanes) is 9. The standard InChI is InChI=1S/C16H30O/c1-2-3-4-5-6-7-8-9-10-11-12-13-14-15-16-17/h17H,2-13,16H2,1H3/i13D2. The van der Waals surface area contributed by atoms with E-state index < -0.39 is 6.37 Å². The molecule has 0 saturated carbocycles. The van der Waals surface area contributed by atoms with Crippen molar-refractivity contribution in [1.29, 1.82) is 0 Å². The highest BCUT2D eigenvalue weighted by Gasteiger charge is 1.92. The van der Waals surface area contributed by atoms with E-state index in [1.165, 1.54) is 51.4 Å². The van der Waals surface area contributed by atoms with Crippen LogP contribution in [0.2, 0.25) is 0 Å². The third kappa shape index (κ3) is 15.5. The van der Waals surface area contributed by atoms with E-state index in [1.807, 2.05) is 0 Å². The highest BCUT2D eigenvalue weighted by Crippen LogP contribution is 2.11. The largest absolute Gasteiger partial charge is 0.384 e. The van der Waals surface area contributed by atoms with Crippen LogP contribution >= 0.6 is 0 Å². The maximum Gasteiger partial charge on any atom is 0.104 e. The zero-order valence-electron chi connectivity index (χ0n) is 13.4. The van der Waals surface area contributed by atoms with Gasteiger partial charge in [0.25, 0.3) is 0 Å². The summed E-state index contributed by atoms with van der Waals surface area (Å²) in [4.78, 5) is 0. The zero-order chi connectivity index (χ0) is 14.4. The van der Waals surface area contributed by atoms with Gasteiger partial charge in [-0.15, -0.1) is 5.92 Å². The van der Waals surface area contributed by atoms with Crippen molar-refractivity contribution in [1.82, 2.24) is 0 Å². The first kappa shape index (κ1) is 13.0. The molecule has 0 aliphatic heterocycles. The average Bonchev–Trinajstić information content (AvgIpc) is 2.38. The molecule has 0 bridgehead atoms. The van der Waals surface area contributed by atoms with Crippen molar-refractivity contribution in [3.8, 4) is 11.8 Å². The summed E-state index contributed by atoms with van der Waals surface area (Å²) >= 11 is 0. The molecule has 0 aromatic carbocycles. The lowest BCUT2D eigenvalue weighted by Crippen LogP contribution is -1.82. The van der Waals surface area contributed by atoms with E-state index in [0.29, 0.717) is 6.42 Å². The minimum Gasteiger partial charge on any atom is -0.384 e. The smallest absolute Gasteiger partial charge is 0.104 e. The van der Waals surface area contributed by atoms with Crippen molar-refractivity contribution in [2.75, 3.05) is 6.61 Å². The molecule has 17 heavy (non-hydrogen) atoms. The van der Waals surface area contributed by atoms with Crippen molar-refractivity contribution in [2.45, 2.75) is 83.9 Å². The number of hydrogen-bond acceptors (Lipinski definition) is 1. The Morgan fingerprint density at radius 3 is 1.71 bits per heavy atom. The van der Waals surface area contributed by atoms with Crippen LogP contribution < -0.4 is 0 Å². The Hall–Kier alpha value is -0.480. The summed E-state index contributed by atoms with van der Waals surface area (Å²) in [5.41, 5.74) is 0. The second-order valence-electron chi connectivity index (χ2n) is 4.57. The molecule has 0 saturated heterocycles. The third-order valence-electron chi connectivity index (χ3n) is 2.91. The van der Waals surface area contributed by atoms with Crippen LogP contribution in [-0.4, -0.2) is 11.7 Å². The molecule has 0 fully saturated rings. The van der Waals surface area contributed by atoms with Crippen LogP contribution in [0.3, 0.4) is 0 Å². The van der Waals surface area contributed by atoms with E-state index in [2.05, 4.69) is 18.8 Å². The molecule has 1 N–H and O–H groups in total. The van der Waals surface area contributed by atoms with Gasteiger partial charge in [-0.05, 0) is 6.42 Å².